The van der Waals surface area contributed by atoms with Crippen molar-refractivity contribution in [3.63, 3.8) is 0 Å². The average molecular weight is 447 g/mol. The molecule has 2 aliphatic heterocycles. The highest BCUT2D eigenvalue weighted by atomic mass is 32.2. The van der Waals surface area contributed by atoms with Gasteiger partial charge >= 0.3 is 0 Å². The van der Waals surface area contributed by atoms with Crippen LogP contribution in [0.4, 0.5) is 5.82 Å². The minimum Gasteiger partial charge on any atom is -0.354 e. The SMILES string of the molecule is CC(C)CN1C(=O)/C(=C\c2c(N3CCSCC3)nc3ccccn3c2=O)SC1=S. The molecule has 0 radical (unpaired) electrons. The smallest absolute Gasteiger partial charge is 0.267 e. The normalized spacial score (nSPS) is 19.2. The van der Waals surface area contributed by atoms with Gasteiger partial charge in [0.05, 0.1) is 10.5 Å². The minimum absolute atomic E-state index is 0.133. The molecule has 0 unspecified atom stereocenters. The van der Waals surface area contributed by atoms with Crippen LogP contribution in [0, 0.1) is 5.92 Å². The van der Waals surface area contributed by atoms with E-state index in [-0.39, 0.29) is 11.5 Å². The van der Waals surface area contributed by atoms with Crippen LogP contribution in [0.25, 0.3) is 11.7 Å². The molecule has 9 heteroatoms. The Bertz CT molecular complexity index is 1060. The summed E-state index contributed by atoms with van der Waals surface area (Å²) in [6.45, 7) is 6.33. The second kappa shape index (κ2) is 8.49. The molecule has 4 heterocycles. The summed E-state index contributed by atoms with van der Waals surface area (Å²) >= 11 is 8.57. The fourth-order valence-corrected chi connectivity index (χ4v) is 5.55. The maximum absolute atomic E-state index is 13.3. The number of pyridine rings is 1. The Morgan fingerprint density at radius 3 is 2.72 bits per heavy atom. The topological polar surface area (TPSA) is 57.9 Å². The van der Waals surface area contributed by atoms with Gasteiger partial charge in [0.25, 0.3) is 11.5 Å². The minimum atomic E-state index is -0.169. The summed E-state index contributed by atoms with van der Waals surface area (Å²) < 4.78 is 2.07. The molecule has 152 valence electrons. The van der Waals surface area contributed by atoms with Crippen LogP contribution in [0.1, 0.15) is 19.4 Å². The number of thioether (sulfide) groups is 2. The van der Waals surface area contributed by atoms with Crippen molar-refractivity contribution in [2.45, 2.75) is 13.8 Å². The molecule has 2 saturated heterocycles. The third-order valence-electron chi connectivity index (χ3n) is 4.76. The average Bonchev–Trinajstić information content (AvgIpc) is 2.97. The molecule has 0 spiro atoms. The first kappa shape index (κ1) is 20.4. The molecular weight excluding hydrogens is 424 g/mol. The Kier molecular flexibility index (Phi) is 5.98. The molecule has 0 saturated carbocycles. The van der Waals surface area contributed by atoms with Crippen molar-refractivity contribution in [1.82, 2.24) is 14.3 Å². The summed E-state index contributed by atoms with van der Waals surface area (Å²) in [6.07, 6.45) is 3.40. The van der Waals surface area contributed by atoms with Gasteiger partial charge in [-0.3, -0.25) is 18.9 Å². The zero-order chi connectivity index (χ0) is 20.5. The second-order valence-corrected chi connectivity index (χ2v) is 10.3. The summed E-state index contributed by atoms with van der Waals surface area (Å²) in [4.78, 5) is 35.3. The van der Waals surface area contributed by atoms with Gasteiger partial charge in [0.1, 0.15) is 15.8 Å². The second-order valence-electron chi connectivity index (χ2n) is 7.37. The number of anilines is 1. The van der Waals surface area contributed by atoms with Gasteiger partial charge in [0.15, 0.2) is 0 Å². The van der Waals surface area contributed by atoms with Crippen LogP contribution in [-0.4, -0.2) is 55.7 Å². The van der Waals surface area contributed by atoms with Gasteiger partial charge in [-0.25, -0.2) is 4.98 Å². The van der Waals surface area contributed by atoms with Gasteiger partial charge in [0, 0.05) is 37.3 Å². The lowest BCUT2D eigenvalue weighted by Gasteiger charge is -2.28. The van der Waals surface area contributed by atoms with E-state index in [2.05, 4.69) is 4.90 Å². The summed E-state index contributed by atoms with van der Waals surface area (Å²) in [6, 6.07) is 5.50. The van der Waals surface area contributed by atoms with E-state index in [1.807, 2.05) is 37.7 Å². The van der Waals surface area contributed by atoms with Gasteiger partial charge in [-0.15, -0.1) is 0 Å². The van der Waals surface area contributed by atoms with E-state index in [1.165, 1.54) is 16.2 Å². The molecule has 0 N–H and O–H groups in total. The first-order valence-electron chi connectivity index (χ1n) is 9.55. The van der Waals surface area contributed by atoms with E-state index in [4.69, 9.17) is 17.2 Å². The van der Waals surface area contributed by atoms with Crippen molar-refractivity contribution in [3.05, 3.63) is 45.2 Å². The van der Waals surface area contributed by atoms with Crippen molar-refractivity contribution in [2.24, 2.45) is 5.92 Å². The summed E-state index contributed by atoms with van der Waals surface area (Å²) in [5.74, 6) is 2.81. The summed E-state index contributed by atoms with van der Waals surface area (Å²) in [5, 5.41) is 0. The number of carbonyl (C=O) groups excluding carboxylic acids is 1. The lowest BCUT2D eigenvalue weighted by atomic mass is 10.2. The fourth-order valence-electron chi connectivity index (χ4n) is 3.39. The van der Waals surface area contributed by atoms with Crippen LogP contribution < -0.4 is 10.5 Å². The van der Waals surface area contributed by atoms with Crippen molar-refractivity contribution < 1.29 is 4.79 Å². The number of amides is 1. The first-order valence-corrected chi connectivity index (χ1v) is 11.9. The Balaban J connectivity index is 1.83. The Hall–Kier alpha value is -1.84. The molecule has 2 fully saturated rings. The highest BCUT2D eigenvalue weighted by Gasteiger charge is 2.33. The van der Waals surface area contributed by atoms with Crippen LogP contribution in [0.15, 0.2) is 34.1 Å². The van der Waals surface area contributed by atoms with E-state index >= 15 is 0 Å². The zero-order valence-electron chi connectivity index (χ0n) is 16.3. The lowest BCUT2D eigenvalue weighted by molar-refractivity contribution is -0.122. The van der Waals surface area contributed by atoms with E-state index < -0.39 is 0 Å². The van der Waals surface area contributed by atoms with Crippen molar-refractivity contribution in [2.75, 3.05) is 36.0 Å². The number of hydrogen-bond acceptors (Lipinski definition) is 7. The third-order valence-corrected chi connectivity index (χ3v) is 7.08. The quantitative estimate of drug-likeness (QED) is 0.528. The Morgan fingerprint density at radius 2 is 2.00 bits per heavy atom. The maximum Gasteiger partial charge on any atom is 0.267 e. The molecule has 0 atom stereocenters. The van der Waals surface area contributed by atoms with E-state index in [0.717, 1.165) is 24.6 Å². The number of hydrogen-bond donors (Lipinski definition) is 0. The number of fused-ring (bicyclic) bond motifs is 1. The number of aromatic nitrogens is 2. The molecule has 0 bridgehead atoms. The molecule has 0 aromatic carbocycles. The molecular formula is C20H22N4O2S3. The third kappa shape index (κ3) is 4.08. The summed E-state index contributed by atoms with van der Waals surface area (Å²) in [5.41, 5.74) is 0.888. The molecule has 2 aromatic rings. The molecule has 2 aliphatic rings. The highest BCUT2D eigenvalue weighted by molar-refractivity contribution is 8.26. The van der Waals surface area contributed by atoms with Crippen LogP contribution in [0.2, 0.25) is 0 Å². The number of rotatable bonds is 4. The molecule has 29 heavy (non-hydrogen) atoms. The standard InChI is InChI=1S/C20H22N4O2S3/c1-13(2)12-24-19(26)15(29-20(24)27)11-14-17(22-7-9-28-10-8-22)21-16-5-3-4-6-23(16)18(14)25/h3-6,11,13H,7-10,12H2,1-2H3/b15-11+. The number of carbonyl (C=O) groups is 1. The molecule has 6 nitrogen and oxygen atoms in total. The van der Waals surface area contributed by atoms with Gasteiger partial charge < -0.3 is 4.90 Å². The van der Waals surface area contributed by atoms with Gasteiger partial charge in [-0.05, 0) is 24.1 Å². The maximum atomic E-state index is 13.3. The largest absolute Gasteiger partial charge is 0.354 e. The first-order chi connectivity index (χ1) is 14.0. The predicted octanol–water partition coefficient (Wildman–Crippen LogP) is 3.10. The monoisotopic (exact) mass is 446 g/mol. The van der Waals surface area contributed by atoms with Gasteiger partial charge in [-0.1, -0.05) is 43.9 Å². The fraction of sp³-hybridized carbons (Fsp3) is 0.400. The van der Waals surface area contributed by atoms with Gasteiger partial charge in [-0.2, -0.15) is 11.8 Å². The van der Waals surface area contributed by atoms with Crippen LogP contribution in [0.5, 0.6) is 0 Å². The highest BCUT2D eigenvalue weighted by Crippen LogP contribution is 2.34. The van der Waals surface area contributed by atoms with E-state index in [0.29, 0.717) is 38.7 Å². The summed E-state index contributed by atoms with van der Waals surface area (Å²) in [7, 11) is 0. The van der Waals surface area contributed by atoms with Gasteiger partial charge in [0.2, 0.25) is 0 Å². The van der Waals surface area contributed by atoms with Crippen molar-refractivity contribution >= 4 is 63.5 Å². The number of thiocarbonyl (C=S) groups is 1. The van der Waals surface area contributed by atoms with Crippen LogP contribution >= 0.6 is 35.7 Å². The predicted molar refractivity (Wildman–Crippen MR) is 126 cm³/mol. The van der Waals surface area contributed by atoms with E-state index in [1.54, 1.807) is 23.2 Å². The van der Waals surface area contributed by atoms with Crippen molar-refractivity contribution in [1.29, 1.82) is 0 Å². The van der Waals surface area contributed by atoms with Crippen LogP contribution in [-0.2, 0) is 4.79 Å². The van der Waals surface area contributed by atoms with Crippen molar-refractivity contribution in [3.8, 4) is 0 Å². The molecule has 4 rings (SSSR count). The van der Waals surface area contributed by atoms with E-state index in [9.17, 15) is 9.59 Å². The number of nitrogens with zero attached hydrogens (tertiary/aromatic N) is 4. The molecule has 1 amide bonds. The van der Waals surface area contributed by atoms with Crippen LogP contribution in [0.3, 0.4) is 0 Å². The molecule has 0 aliphatic carbocycles. The zero-order valence-corrected chi connectivity index (χ0v) is 18.8. The molecule has 2 aromatic heterocycles. The Labute approximate surface area is 183 Å². The Morgan fingerprint density at radius 1 is 1.24 bits per heavy atom. The lowest BCUT2D eigenvalue weighted by Crippen LogP contribution is -2.36.